The van der Waals surface area contributed by atoms with E-state index >= 15 is 0 Å². The fourth-order valence-corrected chi connectivity index (χ4v) is 7.11. The van der Waals surface area contributed by atoms with Crippen molar-refractivity contribution in [3.63, 3.8) is 0 Å². The first-order chi connectivity index (χ1) is 16.0. The van der Waals surface area contributed by atoms with Gasteiger partial charge in [-0.1, -0.05) is 18.2 Å². The Hall–Kier alpha value is -3.21. The van der Waals surface area contributed by atoms with Crippen LogP contribution in [0, 0.1) is 22.7 Å². The van der Waals surface area contributed by atoms with E-state index in [0.29, 0.717) is 0 Å². The number of sulfonamides is 1. The van der Waals surface area contributed by atoms with Crippen LogP contribution in [0.15, 0.2) is 47.6 Å². The molecule has 0 amide bonds. The lowest BCUT2D eigenvalue weighted by Crippen LogP contribution is -2.58. The Bertz CT molecular complexity index is 1430. The third-order valence-electron chi connectivity index (χ3n) is 6.92. The van der Waals surface area contributed by atoms with Gasteiger partial charge in [0.15, 0.2) is 17.2 Å². The highest BCUT2D eigenvalue weighted by Crippen LogP contribution is 2.70. The van der Waals surface area contributed by atoms with Gasteiger partial charge in [-0.25, -0.2) is 23.1 Å². The van der Waals surface area contributed by atoms with E-state index in [1.165, 1.54) is 18.3 Å². The van der Waals surface area contributed by atoms with Crippen LogP contribution in [0.1, 0.15) is 30.1 Å². The fraction of sp³-hybridized carbons (Fsp3) is 0.381. The molecule has 3 aromatic rings. The number of rotatable bonds is 5. The molecule has 3 aliphatic carbocycles. The second kappa shape index (κ2) is 7.14. The van der Waals surface area contributed by atoms with Crippen LogP contribution in [-0.2, 0) is 16.2 Å². The van der Waals surface area contributed by atoms with Gasteiger partial charge in [0.05, 0.1) is 22.4 Å². The number of nitrogens with zero attached hydrogens (tertiary/aromatic N) is 4. The maximum absolute atomic E-state index is 13.4. The summed E-state index contributed by atoms with van der Waals surface area (Å²) in [6.07, 6.45) is -2.42. The normalized spacial score (nSPS) is 28.6. The number of fused-ring (bicyclic) bond motifs is 2. The van der Waals surface area contributed by atoms with Gasteiger partial charge in [-0.3, -0.25) is 4.40 Å². The summed E-state index contributed by atoms with van der Waals surface area (Å²) in [6, 6.07) is 9.79. The third kappa shape index (κ3) is 3.09. The fourth-order valence-electron chi connectivity index (χ4n) is 5.67. The van der Waals surface area contributed by atoms with Gasteiger partial charge < -0.3 is 10.8 Å². The Balaban J connectivity index is 1.61. The monoisotopic (exact) mass is 492 g/mol. The zero-order chi connectivity index (χ0) is 24.5. The molecule has 2 heterocycles. The Kier molecular flexibility index (Phi) is 4.74. The molecular weight excluding hydrogens is 473 g/mol. The van der Waals surface area contributed by atoms with Crippen molar-refractivity contribution >= 4 is 21.5 Å². The lowest BCUT2D eigenvalue weighted by molar-refractivity contribution is -0.141. The van der Waals surface area contributed by atoms with Crippen LogP contribution in [0.4, 0.5) is 19.0 Å². The minimum Gasteiger partial charge on any atom is -0.396 e. The van der Waals surface area contributed by atoms with Gasteiger partial charge in [-0.05, 0) is 25.0 Å². The molecule has 2 atom stereocenters. The molecule has 2 unspecified atom stereocenters. The number of nitrogens with two attached hydrogens (primary N) is 1. The topological polar surface area (TPSA) is 146 Å². The minimum atomic E-state index is -4.77. The van der Waals surface area contributed by atoms with Crippen molar-refractivity contribution in [1.82, 2.24) is 19.1 Å². The van der Waals surface area contributed by atoms with E-state index in [-0.39, 0.29) is 35.7 Å². The Labute approximate surface area is 192 Å². The Morgan fingerprint density at radius 1 is 1.29 bits per heavy atom. The van der Waals surface area contributed by atoms with Crippen LogP contribution >= 0.6 is 0 Å². The predicted molar refractivity (Wildman–Crippen MR) is 112 cm³/mol. The van der Waals surface area contributed by atoms with E-state index in [0.717, 1.165) is 10.6 Å². The molecule has 0 aliphatic heterocycles. The van der Waals surface area contributed by atoms with Gasteiger partial charge in [-0.2, -0.15) is 18.4 Å². The number of imidazole rings is 1. The van der Waals surface area contributed by atoms with Gasteiger partial charge in [0.1, 0.15) is 0 Å². The zero-order valence-electron chi connectivity index (χ0n) is 17.5. The molecule has 6 rings (SSSR count). The largest absolute Gasteiger partial charge is 0.434 e. The van der Waals surface area contributed by atoms with Crippen LogP contribution in [0.5, 0.6) is 0 Å². The maximum atomic E-state index is 13.4. The molecule has 13 heteroatoms. The van der Waals surface area contributed by atoms with Crippen LogP contribution in [0.3, 0.4) is 0 Å². The first-order valence-electron chi connectivity index (χ1n) is 10.3. The molecule has 3 fully saturated rings. The summed E-state index contributed by atoms with van der Waals surface area (Å²) < 4.78 is 69.9. The summed E-state index contributed by atoms with van der Waals surface area (Å²) >= 11 is 0. The molecule has 2 aromatic heterocycles. The number of halogens is 3. The number of hydrogen-bond acceptors (Lipinski definition) is 7. The SMILES string of the molecule is N#CC1C(c2cnc3c(N)nc(C(F)(F)F)cn23)C2(CO)CC1(NS(=O)(=O)c1ccccc1)C2. The summed E-state index contributed by atoms with van der Waals surface area (Å²) in [7, 11) is -3.99. The molecule has 3 aliphatic rings. The van der Waals surface area contributed by atoms with E-state index < -0.39 is 50.5 Å². The van der Waals surface area contributed by atoms with Gasteiger partial charge in [0.25, 0.3) is 0 Å². The molecule has 0 spiro atoms. The summed E-state index contributed by atoms with van der Waals surface area (Å²) in [4.78, 5) is 7.50. The second-order valence-electron chi connectivity index (χ2n) is 8.92. The van der Waals surface area contributed by atoms with Gasteiger partial charge in [-0.15, -0.1) is 0 Å². The highest BCUT2D eigenvalue weighted by Gasteiger charge is 2.73. The zero-order valence-corrected chi connectivity index (χ0v) is 18.3. The average molecular weight is 492 g/mol. The van der Waals surface area contributed by atoms with Gasteiger partial charge >= 0.3 is 6.18 Å². The highest BCUT2D eigenvalue weighted by atomic mass is 32.2. The molecule has 0 saturated heterocycles. The van der Waals surface area contributed by atoms with Crippen molar-refractivity contribution in [1.29, 1.82) is 5.26 Å². The highest BCUT2D eigenvalue weighted by molar-refractivity contribution is 7.89. The lowest BCUT2D eigenvalue weighted by Gasteiger charge is -2.47. The molecule has 34 heavy (non-hydrogen) atoms. The first kappa shape index (κ1) is 22.6. The smallest absolute Gasteiger partial charge is 0.396 e. The van der Waals surface area contributed by atoms with Crippen molar-refractivity contribution in [3.05, 3.63) is 54.1 Å². The van der Waals surface area contributed by atoms with Crippen molar-refractivity contribution < 1.29 is 26.7 Å². The lowest BCUT2D eigenvalue weighted by atomic mass is 9.63. The van der Waals surface area contributed by atoms with E-state index in [9.17, 15) is 32.0 Å². The van der Waals surface area contributed by atoms with Crippen molar-refractivity contribution in [2.24, 2.45) is 11.3 Å². The summed E-state index contributed by atoms with van der Waals surface area (Å²) in [5.41, 5.74) is 2.60. The molecule has 2 bridgehead atoms. The number of benzene rings is 1. The molecule has 9 nitrogen and oxygen atoms in total. The van der Waals surface area contributed by atoms with Crippen LogP contribution in [0.2, 0.25) is 0 Å². The summed E-state index contributed by atoms with van der Waals surface area (Å²) in [5, 5.41) is 20.3. The number of nitrogen functional groups attached to an aromatic ring is 1. The standard InChI is InChI=1S/C21H19F3N6O3S/c22-21(23,24)15-8-30-14(7-27-18(30)17(26)28-15)16-13(6-25)20(9-19(16,10-20)11-31)29-34(32,33)12-4-2-1-3-5-12/h1-5,7-8,13,16,29,31H,9-11H2,(H2,26,28). The maximum Gasteiger partial charge on any atom is 0.434 e. The van der Waals surface area contributed by atoms with E-state index in [1.54, 1.807) is 18.2 Å². The Morgan fingerprint density at radius 2 is 1.97 bits per heavy atom. The number of nitrogens with one attached hydrogen (secondary N) is 1. The molecule has 4 N–H and O–H groups in total. The van der Waals surface area contributed by atoms with Gasteiger partial charge in [0.2, 0.25) is 10.0 Å². The number of nitriles is 1. The molecule has 3 saturated carbocycles. The summed E-state index contributed by atoms with van der Waals surface area (Å²) in [6.45, 7) is -0.384. The molecular formula is C21H19F3N6O3S. The van der Waals surface area contributed by atoms with Crippen molar-refractivity contribution in [2.45, 2.75) is 35.4 Å². The number of hydrogen-bond donors (Lipinski definition) is 3. The van der Waals surface area contributed by atoms with Crippen LogP contribution in [0.25, 0.3) is 5.65 Å². The number of aromatic nitrogens is 3. The first-order valence-corrected chi connectivity index (χ1v) is 11.7. The number of aliphatic hydroxyl groups excluding tert-OH is 1. The number of anilines is 1. The quantitative estimate of drug-likeness (QED) is 0.494. The number of alkyl halides is 3. The Morgan fingerprint density at radius 3 is 2.56 bits per heavy atom. The average Bonchev–Trinajstić information content (AvgIpc) is 3.37. The summed E-state index contributed by atoms with van der Waals surface area (Å²) in [5.74, 6) is -2.20. The van der Waals surface area contributed by atoms with Crippen molar-refractivity contribution in [2.75, 3.05) is 12.3 Å². The third-order valence-corrected chi connectivity index (χ3v) is 8.49. The van der Waals surface area contributed by atoms with E-state index in [1.807, 2.05) is 0 Å². The molecule has 1 aromatic carbocycles. The van der Waals surface area contributed by atoms with E-state index in [4.69, 9.17) is 5.73 Å². The minimum absolute atomic E-state index is 0.0178. The second-order valence-corrected chi connectivity index (χ2v) is 10.6. The van der Waals surface area contributed by atoms with E-state index in [2.05, 4.69) is 20.8 Å². The van der Waals surface area contributed by atoms with Crippen LogP contribution < -0.4 is 10.5 Å². The predicted octanol–water partition coefficient (Wildman–Crippen LogP) is 2.06. The van der Waals surface area contributed by atoms with Crippen LogP contribution in [-0.4, -0.2) is 40.0 Å². The molecule has 0 radical (unpaired) electrons. The van der Waals surface area contributed by atoms with Crippen molar-refractivity contribution in [3.8, 4) is 6.07 Å². The molecule has 178 valence electrons. The number of aliphatic hydroxyl groups is 1. The van der Waals surface area contributed by atoms with Gasteiger partial charge in [0, 0.05) is 36.0 Å².